The molecule has 1 aliphatic rings. The number of carbonyl (C=O) groups is 1. The zero-order valence-electron chi connectivity index (χ0n) is 23.3. The molecule has 1 saturated heterocycles. The van der Waals surface area contributed by atoms with Gasteiger partial charge in [-0.25, -0.2) is 9.67 Å². The standard InChI is InChI=1S/C31H37N5O2/c1-20-11-12-25(19-21(20)2)36-31-30(24(5)33-36)22(3)26(23(4)32-31)13-14-29(37)35-17-15-34(16-18-35)27-9-7-8-10-28(27)38-6/h7-12,19H,13-18H2,1-6H3. The van der Waals surface area contributed by atoms with Crippen molar-refractivity contribution in [3.8, 4) is 11.4 Å². The summed E-state index contributed by atoms with van der Waals surface area (Å²) in [7, 11) is 1.70. The smallest absolute Gasteiger partial charge is 0.223 e. The molecule has 7 heteroatoms. The SMILES string of the molecule is COc1ccccc1N1CCN(C(=O)CCc2c(C)nc3c(c(C)nn3-c3ccc(C)c(C)c3)c2C)CC1. The molecule has 2 aromatic heterocycles. The molecule has 0 unspecified atom stereocenters. The summed E-state index contributed by atoms with van der Waals surface area (Å²) in [6, 6.07) is 14.5. The molecule has 0 radical (unpaired) electrons. The van der Waals surface area contributed by atoms with Gasteiger partial charge in [0, 0.05) is 43.7 Å². The van der Waals surface area contributed by atoms with Crippen LogP contribution in [0.15, 0.2) is 42.5 Å². The molecule has 1 fully saturated rings. The summed E-state index contributed by atoms with van der Waals surface area (Å²) in [6.45, 7) is 13.5. The molecule has 2 aromatic carbocycles. The Morgan fingerprint density at radius 1 is 0.921 bits per heavy atom. The highest BCUT2D eigenvalue weighted by Crippen LogP contribution is 2.30. The van der Waals surface area contributed by atoms with Gasteiger partial charge in [0.25, 0.3) is 0 Å². The van der Waals surface area contributed by atoms with Crippen LogP contribution in [0.3, 0.4) is 0 Å². The Bertz CT molecular complexity index is 1500. The van der Waals surface area contributed by atoms with Gasteiger partial charge in [0.2, 0.25) is 5.91 Å². The van der Waals surface area contributed by atoms with Gasteiger partial charge in [0.15, 0.2) is 5.65 Å². The molecule has 1 amide bonds. The van der Waals surface area contributed by atoms with Crippen LogP contribution in [0.2, 0.25) is 0 Å². The molecule has 0 bridgehead atoms. The lowest BCUT2D eigenvalue weighted by atomic mass is 9.99. The summed E-state index contributed by atoms with van der Waals surface area (Å²) in [5.74, 6) is 1.07. The third-order valence-electron chi connectivity index (χ3n) is 7.96. The number of hydrogen-bond acceptors (Lipinski definition) is 5. The maximum atomic E-state index is 13.2. The second-order valence-corrected chi connectivity index (χ2v) is 10.3. The van der Waals surface area contributed by atoms with Gasteiger partial charge >= 0.3 is 0 Å². The number of amides is 1. The Hall–Kier alpha value is -3.87. The Morgan fingerprint density at radius 2 is 1.66 bits per heavy atom. The van der Waals surface area contributed by atoms with Crippen molar-refractivity contribution in [3.05, 3.63) is 76.1 Å². The highest BCUT2D eigenvalue weighted by Gasteiger charge is 2.24. The van der Waals surface area contributed by atoms with Gasteiger partial charge in [-0.05, 0) is 87.6 Å². The number of fused-ring (bicyclic) bond motifs is 1. The van der Waals surface area contributed by atoms with Crippen LogP contribution in [-0.4, -0.2) is 58.9 Å². The number of para-hydroxylation sites is 2. The lowest BCUT2D eigenvalue weighted by Gasteiger charge is -2.36. The van der Waals surface area contributed by atoms with Crippen molar-refractivity contribution in [1.82, 2.24) is 19.7 Å². The van der Waals surface area contributed by atoms with Crippen molar-refractivity contribution < 1.29 is 9.53 Å². The van der Waals surface area contributed by atoms with Crippen LogP contribution in [0.1, 0.15) is 40.1 Å². The molecular weight excluding hydrogens is 474 g/mol. The van der Waals surface area contributed by atoms with Gasteiger partial charge in [0.1, 0.15) is 5.75 Å². The second-order valence-electron chi connectivity index (χ2n) is 10.3. The number of aromatic nitrogens is 3. The zero-order chi connectivity index (χ0) is 27.0. The minimum absolute atomic E-state index is 0.200. The van der Waals surface area contributed by atoms with Crippen molar-refractivity contribution in [2.24, 2.45) is 0 Å². The summed E-state index contributed by atoms with van der Waals surface area (Å²) in [4.78, 5) is 22.5. The van der Waals surface area contributed by atoms with Crippen LogP contribution in [0.5, 0.6) is 5.75 Å². The van der Waals surface area contributed by atoms with Gasteiger partial charge < -0.3 is 14.5 Å². The summed E-state index contributed by atoms with van der Waals surface area (Å²) >= 11 is 0. The highest BCUT2D eigenvalue weighted by atomic mass is 16.5. The molecule has 3 heterocycles. The first-order valence-electron chi connectivity index (χ1n) is 13.4. The average molecular weight is 512 g/mol. The lowest BCUT2D eigenvalue weighted by molar-refractivity contribution is -0.131. The Morgan fingerprint density at radius 3 is 2.37 bits per heavy atom. The van der Waals surface area contributed by atoms with Crippen LogP contribution >= 0.6 is 0 Å². The van der Waals surface area contributed by atoms with Crippen molar-refractivity contribution in [1.29, 1.82) is 0 Å². The fourth-order valence-corrected chi connectivity index (χ4v) is 5.59. The molecule has 1 aliphatic heterocycles. The summed E-state index contributed by atoms with van der Waals surface area (Å²) in [5, 5.41) is 5.94. The zero-order valence-corrected chi connectivity index (χ0v) is 23.3. The van der Waals surface area contributed by atoms with Crippen LogP contribution in [0.25, 0.3) is 16.7 Å². The summed E-state index contributed by atoms with van der Waals surface area (Å²) in [5.41, 5.74) is 9.74. The van der Waals surface area contributed by atoms with Crippen molar-refractivity contribution >= 4 is 22.6 Å². The van der Waals surface area contributed by atoms with Gasteiger partial charge in [0.05, 0.1) is 24.2 Å². The van der Waals surface area contributed by atoms with E-state index in [1.165, 1.54) is 16.7 Å². The monoisotopic (exact) mass is 511 g/mol. The van der Waals surface area contributed by atoms with E-state index >= 15 is 0 Å². The van der Waals surface area contributed by atoms with Crippen LogP contribution in [0, 0.1) is 34.6 Å². The normalized spacial score (nSPS) is 13.8. The van der Waals surface area contributed by atoms with E-state index in [4.69, 9.17) is 14.8 Å². The topological polar surface area (TPSA) is 63.5 Å². The van der Waals surface area contributed by atoms with Crippen LogP contribution in [-0.2, 0) is 11.2 Å². The molecule has 7 nitrogen and oxygen atoms in total. The van der Waals surface area contributed by atoms with E-state index in [-0.39, 0.29) is 5.91 Å². The van der Waals surface area contributed by atoms with E-state index in [2.05, 4.69) is 49.9 Å². The molecule has 0 spiro atoms. The quantitative estimate of drug-likeness (QED) is 0.354. The fourth-order valence-electron chi connectivity index (χ4n) is 5.59. The van der Waals surface area contributed by atoms with Gasteiger partial charge in [-0.3, -0.25) is 4.79 Å². The first-order chi connectivity index (χ1) is 18.3. The Labute approximate surface area is 225 Å². The lowest BCUT2D eigenvalue weighted by Crippen LogP contribution is -2.49. The molecule has 0 saturated carbocycles. The summed E-state index contributed by atoms with van der Waals surface area (Å²) in [6.07, 6.45) is 1.16. The number of piperazine rings is 1. The number of benzene rings is 2. The van der Waals surface area contributed by atoms with Crippen LogP contribution < -0.4 is 9.64 Å². The fraction of sp³-hybridized carbons (Fsp3) is 0.387. The molecule has 5 rings (SSSR count). The van der Waals surface area contributed by atoms with Crippen molar-refractivity contribution in [2.45, 2.75) is 47.5 Å². The number of ether oxygens (including phenoxy) is 1. The van der Waals surface area contributed by atoms with E-state index in [0.717, 1.165) is 58.2 Å². The largest absolute Gasteiger partial charge is 0.495 e. The summed E-state index contributed by atoms with van der Waals surface area (Å²) < 4.78 is 7.48. The maximum Gasteiger partial charge on any atom is 0.223 e. The predicted octanol–water partition coefficient (Wildman–Crippen LogP) is 5.25. The third-order valence-corrected chi connectivity index (χ3v) is 7.96. The number of anilines is 1. The van der Waals surface area contributed by atoms with Crippen molar-refractivity contribution in [2.75, 3.05) is 38.2 Å². The molecule has 198 valence electrons. The molecule has 0 atom stereocenters. The Kier molecular flexibility index (Phi) is 7.11. The highest BCUT2D eigenvalue weighted by molar-refractivity contribution is 5.85. The van der Waals surface area contributed by atoms with Crippen molar-refractivity contribution in [3.63, 3.8) is 0 Å². The van der Waals surface area contributed by atoms with E-state index in [0.29, 0.717) is 25.9 Å². The van der Waals surface area contributed by atoms with E-state index < -0.39 is 0 Å². The number of nitrogens with zero attached hydrogens (tertiary/aromatic N) is 5. The molecular formula is C31H37N5O2. The molecule has 4 aromatic rings. The Balaban J connectivity index is 1.30. The number of hydrogen-bond donors (Lipinski definition) is 0. The van der Waals surface area contributed by atoms with E-state index in [1.54, 1.807) is 7.11 Å². The minimum Gasteiger partial charge on any atom is -0.495 e. The number of carbonyl (C=O) groups excluding carboxylic acids is 1. The minimum atomic E-state index is 0.200. The molecule has 0 aliphatic carbocycles. The van der Waals surface area contributed by atoms with E-state index in [9.17, 15) is 4.79 Å². The molecule has 38 heavy (non-hydrogen) atoms. The second kappa shape index (κ2) is 10.5. The maximum absolute atomic E-state index is 13.2. The van der Waals surface area contributed by atoms with Gasteiger partial charge in [-0.15, -0.1) is 0 Å². The number of methoxy groups -OCH3 is 1. The predicted molar refractivity (Wildman–Crippen MR) is 153 cm³/mol. The van der Waals surface area contributed by atoms with Gasteiger partial charge in [-0.1, -0.05) is 18.2 Å². The van der Waals surface area contributed by atoms with E-state index in [1.807, 2.05) is 41.6 Å². The first kappa shape index (κ1) is 25.8. The van der Waals surface area contributed by atoms with Crippen LogP contribution in [0.4, 0.5) is 5.69 Å². The third kappa shape index (κ3) is 4.73. The number of rotatable bonds is 6. The first-order valence-corrected chi connectivity index (χ1v) is 13.4. The van der Waals surface area contributed by atoms with Gasteiger partial charge in [-0.2, -0.15) is 5.10 Å². The molecule has 0 N–H and O–H groups in total. The average Bonchev–Trinajstić information content (AvgIpc) is 3.25. The number of pyridine rings is 1. The number of aryl methyl sites for hydroxylation is 5.